The molecule has 0 radical (unpaired) electrons. The molecule has 18 heavy (non-hydrogen) atoms. The number of aryl methyl sites for hydroxylation is 1. The second-order valence-corrected chi connectivity index (χ2v) is 5.52. The summed E-state index contributed by atoms with van der Waals surface area (Å²) >= 11 is 1.76. The van der Waals surface area contributed by atoms with Crippen molar-refractivity contribution in [3.05, 3.63) is 51.5 Å². The van der Waals surface area contributed by atoms with Crippen molar-refractivity contribution in [1.82, 2.24) is 10.3 Å². The van der Waals surface area contributed by atoms with Crippen LogP contribution in [0.1, 0.15) is 35.2 Å². The monoisotopic (exact) mass is 260 g/mol. The van der Waals surface area contributed by atoms with Crippen LogP contribution in [0.3, 0.4) is 0 Å². The van der Waals surface area contributed by atoms with Gasteiger partial charge in [-0.1, -0.05) is 36.8 Å². The quantitative estimate of drug-likeness (QED) is 0.804. The Balaban J connectivity index is 1.94. The van der Waals surface area contributed by atoms with Crippen LogP contribution in [-0.4, -0.2) is 11.5 Å². The van der Waals surface area contributed by atoms with E-state index in [-0.39, 0.29) is 0 Å². The summed E-state index contributed by atoms with van der Waals surface area (Å²) in [5.74, 6) is 0. The van der Waals surface area contributed by atoms with E-state index in [9.17, 15) is 0 Å². The predicted octanol–water partition coefficient (Wildman–Crippen LogP) is 3.54. The van der Waals surface area contributed by atoms with Gasteiger partial charge in [0.15, 0.2) is 0 Å². The van der Waals surface area contributed by atoms with Gasteiger partial charge in [0.25, 0.3) is 0 Å². The van der Waals surface area contributed by atoms with Gasteiger partial charge in [-0.15, -0.1) is 11.3 Å². The summed E-state index contributed by atoms with van der Waals surface area (Å²) in [6.45, 7) is 6.26. The van der Waals surface area contributed by atoms with Crippen molar-refractivity contribution < 1.29 is 0 Å². The van der Waals surface area contributed by atoms with Gasteiger partial charge in [0, 0.05) is 18.3 Å². The van der Waals surface area contributed by atoms with E-state index in [4.69, 9.17) is 0 Å². The summed E-state index contributed by atoms with van der Waals surface area (Å²) in [7, 11) is 0. The van der Waals surface area contributed by atoms with Crippen molar-refractivity contribution in [1.29, 1.82) is 0 Å². The van der Waals surface area contributed by atoms with Crippen LogP contribution in [0, 0.1) is 6.92 Å². The van der Waals surface area contributed by atoms with E-state index in [1.54, 1.807) is 11.3 Å². The Kier molecular flexibility index (Phi) is 4.90. The topological polar surface area (TPSA) is 24.9 Å². The van der Waals surface area contributed by atoms with Gasteiger partial charge < -0.3 is 5.32 Å². The van der Waals surface area contributed by atoms with E-state index in [2.05, 4.69) is 53.8 Å². The SMILES string of the molecule is CCCNCc1csc(Cc2cccc(C)c2)n1. The van der Waals surface area contributed by atoms with Crippen molar-refractivity contribution in [2.24, 2.45) is 0 Å². The van der Waals surface area contributed by atoms with Gasteiger partial charge in [0.2, 0.25) is 0 Å². The fourth-order valence-electron chi connectivity index (χ4n) is 1.90. The molecule has 3 heteroatoms. The lowest BCUT2D eigenvalue weighted by Gasteiger charge is -2.00. The molecular weight excluding hydrogens is 240 g/mol. The molecule has 0 unspecified atom stereocenters. The van der Waals surface area contributed by atoms with E-state index in [1.807, 2.05) is 0 Å². The second-order valence-electron chi connectivity index (χ2n) is 4.58. The highest BCUT2D eigenvalue weighted by Crippen LogP contribution is 2.15. The molecule has 1 aromatic carbocycles. The van der Waals surface area contributed by atoms with Crippen LogP contribution in [0.25, 0.3) is 0 Å². The minimum atomic E-state index is 0.887. The number of benzene rings is 1. The standard InChI is InChI=1S/C15H20N2S/c1-3-7-16-10-14-11-18-15(17-14)9-13-6-4-5-12(2)8-13/h4-6,8,11,16H,3,7,9-10H2,1-2H3. The van der Waals surface area contributed by atoms with E-state index in [0.29, 0.717) is 0 Å². The summed E-state index contributed by atoms with van der Waals surface area (Å²) in [5.41, 5.74) is 3.82. The van der Waals surface area contributed by atoms with Crippen LogP contribution in [0.15, 0.2) is 29.6 Å². The zero-order chi connectivity index (χ0) is 12.8. The lowest BCUT2D eigenvalue weighted by molar-refractivity contribution is 0.665. The lowest BCUT2D eigenvalue weighted by atomic mass is 10.1. The number of rotatable bonds is 6. The van der Waals surface area contributed by atoms with E-state index < -0.39 is 0 Å². The second kappa shape index (κ2) is 6.66. The molecule has 0 spiro atoms. The third-order valence-corrected chi connectivity index (χ3v) is 3.67. The van der Waals surface area contributed by atoms with Crippen molar-refractivity contribution in [3.63, 3.8) is 0 Å². The van der Waals surface area contributed by atoms with E-state index >= 15 is 0 Å². The van der Waals surface area contributed by atoms with Gasteiger partial charge in [0.05, 0.1) is 10.7 Å². The predicted molar refractivity (Wildman–Crippen MR) is 78.1 cm³/mol. The first kappa shape index (κ1) is 13.2. The molecule has 0 saturated heterocycles. The highest BCUT2D eigenvalue weighted by molar-refractivity contribution is 7.09. The minimum Gasteiger partial charge on any atom is -0.311 e. The normalized spacial score (nSPS) is 10.8. The molecule has 2 nitrogen and oxygen atoms in total. The lowest BCUT2D eigenvalue weighted by Crippen LogP contribution is -2.13. The molecule has 0 saturated carbocycles. The molecule has 0 fully saturated rings. The molecule has 0 aliphatic rings. The molecule has 0 bridgehead atoms. The number of hydrogen-bond donors (Lipinski definition) is 1. The van der Waals surface area contributed by atoms with Crippen LogP contribution in [-0.2, 0) is 13.0 Å². The van der Waals surface area contributed by atoms with Crippen molar-refractivity contribution in [2.75, 3.05) is 6.54 Å². The van der Waals surface area contributed by atoms with Crippen molar-refractivity contribution in [2.45, 2.75) is 33.2 Å². The Morgan fingerprint density at radius 1 is 1.33 bits per heavy atom. The number of nitrogens with one attached hydrogen (secondary N) is 1. The molecule has 0 amide bonds. The van der Waals surface area contributed by atoms with E-state index in [1.165, 1.54) is 22.6 Å². The molecule has 1 heterocycles. The van der Waals surface area contributed by atoms with Gasteiger partial charge in [-0.25, -0.2) is 4.98 Å². The Morgan fingerprint density at radius 2 is 2.22 bits per heavy atom. The third kappa shape index (κ3) is 3.93. The maximum absolute atomic E-state index is 4.66. The molecule has 96 valence electrons. The summed E-state index contributed by atoms with van der Waals surface area (Å²) < 4.78 is 0. The smallest absolute Gasteiger partial charge is 0.0972 e. The fourth-order valence-corrected chi connectivity index (χ4v) is 2.73. The summed E-state index contributed by atoms with van der Waals surface area (Å²) in [6.07, 6.45) is 2.11. The first-order chi connectivity index (χ1) is 8.78. The molecular formula is C15H20N2S. The molecule has 1 aromatic heterocycles. The minimum absolute atomic E-state index is 0.887. The number of hydrogen-bond acceptors (Lipinski definition) is 3. The van der Waals surface area contributed by atoms with Gasteiger partial charge in [0.1, 0.15) is 0 Å². The molecule has 1 N–H and O–H groups in total. The number of aromatic nitrogens is 1. The van der Waals surface area contributed by atoms with Gasteiger partial charge >= 0.3 is 0 Å². The third-order valence-electron chi connectivity index (χ3n) is 2.77. The van der Waals surface area contributed by atoms with Crippen LogP contribution >= 0.6 is 11.3 Å². The number of nitrogens with zero attached hydrogens (tertiary/aromatic N) is 1. The number of thiazole rings is 1. The molecule has 2 aromatic rings. The van der Waals surface area contributed by atoms with Gasteiger partial charge in [-0.2, -0.15) is 0 Å². The summed E-state index contributed by atoms with van der Waals surface area (Å²) in [6, 6.07) is 8.65. The van der Waals surface area contributed by atoms with Crippen LogP contribution in [0.2, 0.25) is 0 Å². The Morgan fingerprint density at radius 3 is 3.00 bits per heavy atom. The van der Waals surface area contributed by atoms with Gasteiger partial charge in [-0.05, 0) is 25.5 Å². The van der Waals surface area contributed by atoms with Crippen LogP contribution in [0.5, 0.6) is 0 Å². The van der Waals surface area contributed by atoms with Crippen molar-refractivity contribution >= 4 is 11.3 Å². The molecule has 0 aliphatic carbocycles. The zero-order valence-electron chi connectivity index (χ0n) is 11.1. The van der Waals surface area contributed by atoms with Crippen LogP contribution in [0.4, 0.5) is 0 Å². The molecule has 0 atom stereocenters. The van der Waals surface area contributed by atoms with Gasteiger partial charge in [-0.3, -0.25) is 0 Å². The average molecular weight is 260 g/mol. The Labute approximate surface area is 113 Å². The van der Waals surface area contributed by atoms with Crippen molar-refractivity contribution in [3.8, 4) is 0 Å². The molecule has 2 rings (SSSR count). The Bertz CT molecular complexity index is 491. The Hall–Kier alpha value is -1.19. The maximum Gasteiger partial charge on any atom is 0.0972 e. The summed E-state index contributed by atoms with van der Waals surface area (Å²) in [4.78, 5) is 4.66. The highest BCUT2D eigenvalue weighted by atomic mass is 32.1. The largest absolute Gasteiger partial charge is 0.311 e. The average Bonchev–Trinajstić information content (AvgIpc) is 2.77. The van der Waals surface area contributed by atoms with Crippen LogP contribution < -0.4 is 5.32 Å². The fraction of sp³-hybridized carbons (Fsp3) is 0.400. The molecule has 0 aliphatic heterocycles. The first-order valence-electron chi connectivity index (χ1n) is 6.47. The van der Waals surface area contributed by atoms with E-state index in [0.717, 1.165) is 25.2 Å². The maximum atomic E-state index is 4.66. The zero-order valence-corrected chi connectivity index (χ0v) is 11.9. The summed E-state index contributed by atoms with van der Waals surface area (Å²) in [5, 5.41) is 6.75. The highest BCUT2D eigenvalue weighted by Gasteiger charge is 2.03. The first-order valence-corrected chi connectivity index (χ1v) is 7.35.